The Hall–Kier alpha value is -1.77. The summed E-state index contributed by atoms with van der Waals surface area (Å²) in [6, 6.07) is 9.68. The Morgan fingerprint density at radius 1 is 1.20 bits per heavy atom. The molecule has 0 bridgehead atoms. The zero-order chi connectivity index (χ0) is 14.4. The zero-order valence-electron chi connectivity index (χ0n) is 12.4. The second-order valence-corrected chi connectivity index (χ2v) is 5.33. The van der Waals surface area contributed by atoms with Gasteiger partial charge in [0.1, 0.15) is 0 Å². The first-order valence-corrected chi connectivity index (χ1v) is 7.52. The van der Waals surface area contributed by atoms with Gasteiger partial charge >= 0.3 is 0 Å². The average molecular weight is 272 g/mol. The summed E-state index contributed by atoms with van der Waals surface area (Å²) < 4.78 is 5.85. The van der Waals surface area contributed by atoms with E-state index in [9.17, 15) is 0 Å². The molecule has 0 spiro atoms. The van der Waals surface area contributed by atoms with Gasteiger partial charge in [-0.2, -0.15) is 0 Å². The van der Waals surface area contributed by atoms with Gasteiger partial charge in [0.25, 0.3) is 0 Å². The molecule has 1 aromatic heterocycles. The van der Waals surface area contributed by atoms with E-state index in [2.05, 4.69) is 18.8 Å². The molecule has 1 heterocycles. The van der Waals surface area contributed by atoms with Crippen LogP contribution in [-0.4, -0.2) is 11.6 Å². The second kappa shape index (κ2) is 7.13. The lowest BCUT2D eigenvalue weighted by Crippen LogP contribution is -2.11. The summed E-state index contributed by atoms with van der Waals surface area (Å²) in [5.74, 6) is 1.33. The molecule has 2 rings (SSSR count). The summed E-state index contributed by atoms with van der Waals surface area (Å²) in [5.41, 5.74) is 7.46. The van der Waals surface area contributed by atoms with E-state index in [0.717, 1.165) is 29.6 Å². The number of nitrogens with zero attached hydrogens (tertiary/aromatic N) is 1. The number of fused-ring (bicyclic) bond motifs is 1. The van der Waals surface area contributed by atoms with Crippen LogP contribution in [0.1, 0.15) is 39.5 Å². The zero-order valence-corrected chi connectivity index (χ0v) is 12.4. The van der Waals surface area contributed by atoms with Crippen LogP contribution in [0.4, 0.5) is 5.69 Å². The Morgan fingerprint density at radius 3 is 2.80 bits per heavy atom. The van der Waals surface area contributed by atoms with Gasteiger partial charge in [0, 0.05) is 17.1 Å². The molecule has 0 amide bonds. The van der Waals surface area contributed by atoms with Crippen molar-refractivity contribution in [1.29, 1.82) is 0 Å². The number of hydrogen-bond donors (Lipinski definition) is 1. The third-order valence-electron chi connectivity index (χ3n) is 3.70. The fourth-order valence-corrected chi connectivity index (χ4v) is 2.31. The molecule has 0 aliphatic rings. The SMILES string of the molecule is CCCCC(CC)COc1ccc2cc(N)ccc2n1. The molecule has 0 aliphatic heterocycles. The number of nitrogen functional groups attached to an aromatic ring is 1. The first kappa shape index (κ1) is 14.6. The molecular formula is C17H24N2O. The van der Waals surface area contributed by atoms with Crippen molar-refractivity contribution in [1.82, 2.24) is 4.98 Å². The molecule has 2 N–H and O–H groups in total. The van der Waals surface area contributed by atoms with E-state index < -0.39 is 0 Å². The third-order valence-corrected chi connectivity index (χ3v) is 3.70. The molecule has 108 valence electrons. The lowest BCUT2D eigenvalue weighted by Gasteiger charge is -2.15. The Kier molecular flexibility index (Phi) is 5.22. The van der Waals surface area contributed by atoms with Gasteiger partial charge in [0.2, 0.25) is 5.88 Å². The van der Waals surface area contributed by atoms with Crippen LogP contribution in [0.2, 0.25) is 0 Å². The maximum atomic E-state index is 5.85. The number of nitrogens with two attached hydrogens (primary N) is 1. The van der Waals surface area contributed by atoms with Crippen molar-refractivity contribution in [3.8, 4) is 5.88 Å². The highest BCUT2D eigenvalue weighted by Gasteiger charge is 2.07. The molecule has 2 aromatic rings. The number of unbranched alkanes of at least 4 members (excludes halogenated alkanes) is 1. The summed E-state index contributed by atoms with van der Waals surface area (Å²) in [5, 5.41) is 1.05. The highest BCUT2D eigenvalue weighted by Crippen LogP contribution is 2.20. The van der Waals surface area contributed by atoms with Crippen LogP contribution in [0.3, 0.4) is 0 Å². The topological polar surface area (TPSA) is 48.1 Å². The van der Waals surface area contributed by atoms with Crippen molar-refractivity contribution in [2.24, 2.45) is 5.92 Å². The number of ether oxygens (including phenoxy) is 1. The normalized spacial score (nSPS) is 12.5. The van der Waals surface area contributed by atoms with Crippen LogP contribution in [-0.2, 0) is 0 Å². The van der Waals surface area contributed by atoms with Gasteiger partial charge in [-0.05, 0) is 36.6 Å². The molecule has 3 heteroatoms. The number of anilines is 1. The Bertz CT molecular complexity index is 554. The lowest BCUT2D eigenvalue weighted by molar-refractivity contribution is 0.226. The van der Waals surface area contributed by atoms with Gasteiger partial charge in [0.05, 0.1) is 12.1 Å². The smallest absolute Gasteiger partial charge is 0.213 e. The van der Waals surface area contributed by atoms with E-state index in [1.165, 1.54) is 19.3 Å². The van der Waals surface area contributed by atoms with Crippen LogP contribution in [0.5, 0.6) is 5.88 Å². The van der Waals surface area contributed by atoms with Crippen molar-refractivity contribution in [2.45, 2.75) is 39.5 Å². The van der Waals surface area contributed by atoms with Gasteiger partial charge in [-0.3, -0.25) is 0 Å². The van der Waals surface area contributed by atoms with Gasteiger partial charge in [-0.1, -0.05) is 33.1 Å². The highest BCUT2D eigenvalue weighted by molar-refractivity contribution is 5.82. The van der Waals surface area contributed by atoms with Crippen LogP contribution < -0.4 is 10.5 Å². The Labute approximate surface area is 121 Å². The lowest BCUT2D eigenvalue weighted by atomic mass is 10.0. The van der Waals surface area contributed by atoms with Gasteiger partial charge < -0.3 is 10.5 Å². The van der Waals surface area contributed by atoms with Gasteiger partial charge in [-0.25, -0.2) is 4.98 Å². The minimum absolute atomic E-state index is 0.624. The molecule has 1 aromatic carbocycles. The number of pyridine rings is 1. The molecular weight excluding hydrogens is 248 g/mol. The fraction of sp³-hybridized carbons (Fsp3) is 0.471. The molecule has 1 atom stereocenters. The number of rotatable bonds is 7. The molecule has 3 nitrogen and oxygen atoms in total. The third kappa shape index (κ3) is 3.86. The first-order valence-electron chi connectivity index (χ1n) is 7.52. The van der Waals surface area contributed by atoms with E-state index in [1.807, 2.05) is 30.3 Å². The van der Waals surface area contributed by atoms with E-state index in [0.29, 0.717) is 11.8 Å². The van der Waals surface area contributed by atoms with Crippen molar-refractivity contribution in [2.75, 3.05) is 12.3 Å². The fourth-order valence-electron chi connectivity index (χ4n) is 2.31. The summed E-state index contributed by atoms with van der Waals surface area (Å²) in [7, 11) is 0. The minimum atomic E-state index is 0.624. The molecule has 1 unspecified atom stereocenters. The summed E-state index contributed by atoms with van der Waals surface area (Å²) >= 11 is 0. The molecule has 0 saturated carbocycles. The van der Waals surface area contributed by atoms with Crippen molar-refractivity contribution >= 4 is 16.6 Å². The predicted molar refractivity (Wildman–Crippen MR) is 85.0 cm³/mol. The first-order chi connectivity index (χ1) is 9.72. The van der Waals surface area contributed by atoms with Crippen LogP contribution in [0.25, 0.3) is 10.9 Å². The minimum Gasteiger partial charge on any atom is -0.477 e. The largest absolute Gasteiger partial charge is 0.477 e. The highest BCUT2D eigenvalue weighted by atomic mass is 16.5. The van der Waals surface area contributed by atoms with E-state index >= 15 is 0 Å². The maximum absolute atomic E-state index is 5.85. The molecule has 0 saturated heterocycles. The van der Waals surface area contributed by atoms with Crippen molar-refractivity contribution < 1.29 is 4.74 Å². The van der Waals surface area contributed by atoms with Crippen LogP contribution in [0, 0.1) is 5.92 Å². The van der Waals surface area contributed by atoms with Gasteiger partial charge in [-0.15, -0.1) is 0 Å². The standard InChI is InChI=1S/C17H24N2O/c1-3-5-6-13(4-2)12-20-17-10-7-14-11-15(18)8-9-16(14)19-17/h7-11,13H,3-6,12,18H2,1-2H3. The number of hydrogen-bond acceptors (Lipinski definition) is 3. The molecule has 0 radical (unpaired) electrons. The predicted octanol–water partition coefficient (Wildman–Crippen LogP) is 4.41. The summed E-state index contributed by atoms with van der Waals surface area (Å²) in [6.45, 7) is 5.20. The monoisotopic (exact) mass is 272 g/mol. The van der Waals surface area contributed by atoms with Gasteiger partial charge in [0.15, 0.2) is 0 Å². The van der Waals surface area contributed by atoms with Crippen LogP contribution in [0.15, 0.2) is 30.3 Å². The summed E-state index contributed by atoms with van der Waals surface area (Å²) in [4.78, 5) is 4.53. The molecule has 0 fully saturated rings. The van der Waals surface area contributed by atoms with Crippen molar-refractivity contribution in [3.63, 3.8) is 0 Å². The molecule has 0 aliphatic carbocycles. The number of aromatic nitrogens is 1. The number of benzene rings is 1. The Morgan fingerprint density at radius 2 is 2.05 bits per heavy atom. The van der Waals surface area contributed by atoms with E-state index in [-0.39, 0.29) is 0 Å². The van der Waals surface area contributed by atoms with Crippen molar-refractivity contribution in [3.05, 3.63) is 30.3 Å². The maximum Gasteiger partial charge on any atom is 0.213 e. The second-order valence-electron chi connectivity index (χ2n) is 5.33. The van der Waals surface area contributed by atoms with E-state index in [1.54, 1.807) is 0 Å². The molecule has 20 heavy (non-hydrogen) atoms. The van der Waals surface area contributed by atoms with Crippen LogP contribution >= 0.6 is 0 Å². The Balaban J connectivity index is 2.00. The quantitative estimate of drug-likeness (QED) is 0.759. The summed E-state index contributed by atoms with van der Waals surface area (Å²) in [6.07, 6.45) is 4.90. The average Bonchev–Trinajstić information content (AvgIpc) is 2.47. The van der Waals surface area contributed by atoms with E-state index in [4.69, 9.17) is 10.5 Å².